The third-order valence-corrected chi connectivity index (χ3v) is 4.91. The summed E-state index contributed by atoms with van der Waals surface area (Å²) < 4.78 is 32.5. The average molecular weight is 290 g/mol. The number of nitrogens with one attached hydrogen (secondary N) is 2. The van der Waals surface area contributed by atoms with Crippen molar-refractivity contribution >= 4 is 10.2 Å². The molecule has 0 spiro atoms. The van der Waals surface area contributed by atoms with Gasteiger partial charge < -0.3 is 0 Å². The second-order valence-corrected chi connectivity index (χ2v) is 6.35. The summed E-state index contributed by atoms with van der Waals surface area (Å²) in [6, 6.07) is 0.0260. The van der Waals surface area contributed by atoms with Gasteiger partial charge in [-0.1, -0.05) is 11.6 Å². The average Bonchev–Trinajstić information content (AvgIpc) is 2.75. The minimum atomic E-state index is -3.46. The van der Waals surface area contributed by atoms with E-state index in [1.807, 2.05) is 6.92 Å². The Labute approximate surface area is 111 Å². The van der Waals surface area contributed by atoms with Crippen LogP contribution in [0.15, 0.2) is 9.32 Å². The summed E-state index contributed by atoms with van der Waals surface area (Å²) in [5.74, 6) is -0.304. The minimum absolute atomic E-state index is 0.0260. The van der Waals surface area contributed by atoms with E-state index < -0.39 is 16.0 Å². The number of hydrogen-bond acceptors (Lipinski definition) is 5. The Morgan fingerprint density at radius 3 is 2.95 bits per heavy atom. The van der Waals surface area contributed by atoms with E-state index in [1.165, 1.54) is 4.31 Å². The number of H-pyrrole nitrogens is 1. The highest BCUT2D eigenvalue weighted by Crippen LogP contribution is 2.18. The van der Waals surface area contributed by atoms with E-state index in [9.17, 15) is 13.2 Å². The molecule has 0 saturated carbocycles. The lowest BCUT2D eigenvalue weighted by Crippen LogP contribution is -2.48. The van der Waals surface area contributed by atoms with Gasteiger partial charge in [-0.3, -0.25) is 9.51 Å². The summed E-state index contributed by atoms with van der Waals surface area (Å²) in [7, 11) is -3.46. The lowest BCUT2D eigenvalue weighted by atomic mass is 10.1. The zero-order chi connectivity index (χ0) is 13.9. The molecule has 2 rings (SSSR count). The van der Waals surface area contributed by atoms with Gasteiger partial charge in [0.25, 0.3) is 10.2 Å². The van der Waals surface area contributed by atoms with Gasteiger partial charge in [0.05, 0.1) is 0 Å². The first-order chi connectivity index (χ1) is 8.99. The third-order valence-electron chi connectivity index (χ3n) is 3.18. The van der Waals surface area contributed by atoms with E-state index in [0.717, 1.165) is 19.3 Å². The molecule has 1 fully saturated rings. The minimum Gasteiger partial charge on any atom is -0.296 e. The summed E-state index contributed by atoms with van der Waals surface area (Å²) in [6.07, 6.45) is 3.12. The van der Waals surface area contributed by atoms with Gasteiger partial charge in [0.15, 0.2) is 5.82 Å². The fraction of sp³-hybridized carbons (Fsp3) is 0.800. The number of aromatic amines is 1. The van der Waals surface area contributed by atoms with Gasteiger partial charge in [-0.2, -0.15) is 12.7 Å². The van der Waals surface area contributed by atoms with E-state index in [0.29, 0.717) is 12.4 Å². The molecule has 2 N–H and O–H groups in total. The Bertz CT molecular complexity index is 564. The van der Waals surface area contributed by atoms with Crippen LogP contribution in [0, 0.1) is 0 Å². The Kier molecular flexibility index (Phi) is 4.38. The zero-order valence-electron chi connectivity index (χ0n) is 10.8. The highest BCUT2D eigenvalue weighted by Gasteiger charge is 2.28. The molecule has 1 atom stereocenters. The van der Waals surface area contributed by atoms with Crippen LogP contribution in [0.2, 0.25) is 0 Å². The molecule has 0 amide bonds. The van der Waals surface area contributed by atoms with E-state index in [4.69, 9.17) is 0 Å². The Hall–Kier alpha value is -1.19. The summed E-state index contributed by atoms with van der Waals surface area (Å²) in [6.45, 7) is 2.64. The Balaban J connectivity index is 1.88. The van der Waals surface area contributed by atoms with E-state index >= 15 is 0 Å². The molecule has 1 aromatic heterocycles. The quantitative estimate of drug-likeness (QED) is 0.768. The van der Waals surface area contributed by atoms with E-state index in [-0.39, 0.29) is 19.0 Å². The van der Waals surface area contributed by atoms with Crippen LogP contribution >= 0.6 is 0 Å². The molecule has 1 aromatic rings. The van der Waals surface area contributed by atoms with Crippen LogP contribution in [0.4, 0.5) is 0 Å². The van der Waals surface area contributed by atoms with Crippen molar-refractivity contribution < 1.29 is 12.9 Å². The summed E-state index contributed by atoms with van der Waals surface area (Å²) >= 11 is 0. The number of nitrogens with zero attached hydrogens (tertiary/aromatic N) is 2. The fourth-order valence-corrected chi connectivity index (χ4v) is 3.65. The van der Waals surface area contributed by atoms with Crippen LogP contribution in [0.1, 0.15) is 32.0 Å². The standard InChI is InChI=1S/C10H18N4O4S/c1-8-4-2-3-7-14(8)19(16,17)11-6-5-9-12-10(15)18-13-9/h8,11H,2-7H2,1H3,(H,12,13,15). The highest BCUT2D eigenvalue weighted by atomic mass is 32.2. The lowest BCUT2D eigenvalue weighted by Gasteiger charge is -2.32. The van der Waals surface area contributed by atoms with Crippen molar-refractivity contribution in [3.05, 3.63) is 16.4 Å². The zero-order valence-corrected chi connectivity index (χ0v) is 11.6. The summed E-state index contributed by atoms with van der Waals surface area (Å²) in [5.41, 5.74) is 0. The molecule has 0 radical (unpaired) electrons. The number of hydrogen-bond donors (Lipinski definition) is 2. The maximum Gasteiger partial charge on any atom is 0.438 e. The van der Waals surface area contributed by atoms with Gasteiger partial charge in [-0.05, 0) is 19.8 Å². The maximum absolute atomic E-state index is 12.1. The molecule has 0 aromatic carbocycles. The van der Waals surface area contributed by atoms with Crippen LogP contribution in [0.25, 0.3) is 0 Å². The van der Waals surface area contributed by atoms with Crippen LogP contribution in [-0.4, -0.2) is 42.0 Å². The van der Waals surface area contributed by atoms with Crippen molar-refractivity contribution in [1.82, 2.24) is 19.2 Å². The predicted octanol–water partition coefficient (Wildman–Crippen LogP) is -0.386. The van der Waals surface area contributed by atoms with Gasteiger partial charge in [0, 0.05) is 25.6 Å². The molecule has 9 heteroatoms. The number of aromatic nitrogens is 2. The summed E-state index contributed by atoms with van der Waals surface area (Å²) in [5, 5.41) is 3.47. The molecule has 19 heavy (non-hydrogen) atoms. The first-order valence-corrected chi connectivity index (χ1v) is 7.74. The second-order valence-electron chi connectivity index (χ2n) is 4.65. The molecule has 1 aliphatic rings. The molecule has 1 unspecified atom stereocenters. The van der Waals surface area contributed by atoms with Crippen molar-refractivity contribution in [3.63, 3.8) is 0 Å². The monoisotopic (exact) mass is 290 g/mol. The van der Waals surface area contributed by atoms with Crippen molar-refractivity contribution in [2.45, 2.75) is 38.6 Å². The molecule has 1 aliphatic heterocycles. The van der Waals surface area contributed by atoms with Crippen molar-refractivity contribution in [2.75, 3.05) is 13.1 Å². The van der Waals surface area contributed by atoms with Gasteiger partial charge >= 0.3 is 5.76 Å². The molecular formula is C10H18N4O4S. The molecule has 8 nitrogen and oxygen atoms in total. The van der Waals surface area contributed by atoms with Crippen LogP contribution in [-0.2, 0) is 16.6 Å². The fourth-order valence-electron chi connectivity index (χ4n) is 2.18. The second kappa shape index (κ2) is 5.85. The van der Waals surface area contributed by atoms with E-state index in [1.54, 1.807) is 0 Å². The Morgan fingerprint density at radius 2 is 2.32 bits per heavy atom. The largest absolute Gasteiger partial charge is 0.438 e. The number of piperidine rings is 1. The molecule has 1 saturated heterocycles. The highest BCUT2D eigenvalue weighted by molar-refractivity contribution is 7.87. The number of rotatable bonds is 5. The van der Waals surface area contributed by atoms with Gasteiger partial charge in [-0.15, -0.1) is 0 Å². The van der Waals surface area contributed by atoms with Crippen LogP contribution in [0.5, 0.6) is 0 Å². The van der Waals surface area contributed by atoms with Gasteiger partial charge in [0.1, 0.15) is 0 Å². The maximum atomic E-state index is 12.1. The third kappa shape index (κ3) is 3.64. The SMILES string of the molecule is CC1CCCCN1S(=O)(=O)NCCc1noc(=O)[nH]1. The smallest absolute Gasteiger partial charge is 0.296 e. The first kappa shape index (κ1) is 14.2. The Morgan fingerprint density at radius 1 is 1.53 bits per heavy atom. The van der Waals surface area contributed by atoms with Crippen molar-refractivity contribution in [3.8, 4) is 0 Å². The van der Waals surface area contributed by atoms with Crippen molar-refractivity contribution in [2.24, 2.45) is 0 Å². The van der Waals surface area contributed by atoms with E-state index in [2.05, 4.69) is 19.4 Å². The molecule has 0 aliphatic carbocycles. The normalized spacial score (nSPS) is 21.6. The van der Waals surface area contributed by atoms with Crippen molar-refractivity contribution in [1.29, 1.82) is 0 Å². The summed E-state index contributed by atoms with van der Waals surface area (Å²) in [4.78, 5) is 13.1. The van der Waals surface area contributed by atoms with Gasteiger partial charge in [-0.25, -0.2) is 9.52 Å². The van der Waals surface area contributed by atoms with Crippen LogP contribution < -0.4 is 10.5 Å². The lowest BCUT2D eigenvalue weighted by molar-refractivity contribution is 0.265. The predicted molar refractivity (Wildman–Crippen MR) is 67.8 cm³/mol. The molecule has 0 bridgehead atoms. The molecule has 108 valence electrons. The molecular weight excluding hydrogens is 272 g/mol. The van der Waals surface area contributed by atoms with Gasteiger partial charge in [0.2, 0.25) is 0 Å². The topological polar surface area (TPSA) is 108 Å². The molecule has 2 heterocycles. The van der Waals surface area contributed by atoms with Crippen LogP contribution in [0.3, 0.4) is 0 Å². The first-order valence-electron chi connectivity index (χ1n) is 6.30.